The Bertz CT molecular complexity index is 197. The average Bonchev–Trinajstić information content (AvgIpc) is 2.63. The molecular weight excluding hydrogens is 196 g/mol. The molecule has 2 saturated heterocycles. The summed E-state index contributed by atoms with van der Waals surface area (Å²) < 4.78 is 16.6. The molecule has 0 amide bonds. The monoisotopic (exact) mass is 216 g/mol. The molecule has 0 radical (unpaired) electrons. The van der Waals surface area contributed by atoms with E-state index in [-0.39, 0.29) is 24.4 Å². The molecule has 0 aromatic carbocycles. The second kappa shape index (κ2) is 5.25. The van der Waals surface area contributed by atoms with Crippen molar-refractivity contribution in [2.45, 2.75) is 44.7 Å². The van der Waals surface area contributed by atoms with Crippen LogP contribution in [0.15, 0.2) is 0 Å². The third-order valence-electron chi connectivity index (χ3n) is 3.14. The van der Waals surface area contributed by atoms with Gasteiger partial charge >= 0.3 is 0 Å². The third-order valence-corrected chi connectivity index (χ3v) is 3.14. The summed E-state index contributed by atoms with van der Waals surface area (Å²) in [5, 5.41) is 9.87. The van der Waals surface area contributed by atoms with Gasteiger partial charge in [-0.2, -0.15) is 0 Å². The van der Waals surface area contributed by atoms with Crippen molar-refractivity contribution < 1.29 is 19.3 Å². The van der Waals surface area contributed by atoms with E-state index in [9.17, 15) is 5.11 Å². The van der Waals surface area contributed by atoms with Gasteiger partial charge in [-0.3, -0.25) is 0 Å². The Hall–Kier alpha value is -0.160. The minimum absolute atomic E-state index is 0.00982. The van der Waals surface area contributed by atoms with Gasteiger partial charge in [-0.25, -0.2) is 0 Å². The molecule has 0 aromatic heterocycles. The lowest BCUT2D eigenvalue weighted by Gasteiger charge is -2.31. The predicted octanol–water partition coefficient (Wildman–Crippen LogP) is 0.925. The standard InChI is InChI=1S/C11H20O4/c1-2-3-5-13-9-7-15-11-10(9)8(12)4-6-14-11/h8-12H,2-7H2,1H3/t8-,9-,10+,11?/m0/s1. The third kappa shape index (κ3) is 2.50. The van der Waals surface area contributed by atoms with Crippen molar-refractivity contribution in [2.75, 3.05) is 19.8 Å². The number of unbranched alkanes of at least 4 members (excludes halogenated alkanes) is 1. The summed E-state index contributed by atoms with van der Waals surface area (Å²) in [5.41, 5.74) is 0. The smallest absolute Gasteiger partial charge is 0.165 e. The van der Waals surface area contributed by atoms with E-state index in [4.69, 9.17) is 14.2 Å². The fourth-order valence-electron chi connectivity index (χ4n) is 2.21. The molecule has 0 bridgehead atoms. The van der Waals surface area contributed by atoms with E-state index in [2.05, 4.69) is 6.92 Å². The van der Waals surface area contributed by atoms with E-state index in [1.165, 1.54) is 0 Å². The molecule has 0 aliphatic carbocycles. The summed E-state index contributed by atoms with van der Waals surface area (Å²) in [6, 6.07) is 0. The maximum atomic E-state index is 9.87. The van der Waals surface area contributed by atoms with Crippen molar-refractivity contribution in [1.82, 2.24) is 0 Å². The van der Waals surface area contributed by atoms with E-state index in [0.717, 1.165) is 19.4 Å². The van der Waals surface area contributed by atoms with Crippen LogP contribution in [-0.4, -0.2) is 43.4 Å². The lowest BCUT2D eigenvalue weighted by atomic mass is 9.93. The zero-order chi connectivity index (χ0) is 10.7. The fraction of sp³-hybridized carbons (Fsp3) is 1.00. The van der Waals surface area contributed by atoms with Gasteiger partial charge in [0.2, 0.25) is 0 Å². The molecular formula is C11H20O4. The summed E-state index contributed by atoms with van der Waals surface area (Å²) in [6.45, 7) is 4.02. The maximum Gasteiger partial charge on any atom is 0.165 e. The molecule has 2 rings (SSSR count). The zero-order valence-corrected chi connectivity index (χ0v) is 9.22. The lowest BCUT2D eigenvalue weighted by Crippen LogP contribution is -2.42. The molecule has 15 heavy (non-hydrogen) atoms. The Balaban J connectivity index is 1.84. The van der Waals surface area contributed by atoms with Crippen molar-refractivity contribution in [2.24, 2.45) is 5.92 Å². The first-order chi connectivity index (χ1) is 7.33. The van der Waals surface area contributed by atoms with Crippen LogP contribution in [0, 0.1) is 5.92 Å². The molecule has 2 heterocycles. The highest BCUT2D eigenvalue weighted by molar-refractivity contribution is 4.88. The summed E-state index contributed by atoms with van der Waals surface area (Å²) in [7, 11) is 0. The Morgan fingerprint density at radius 1 is 1.40 bits per heavy atom. The van der Waals surface area contributed by atoms with Gasteiger partial charge in [0.25, 0.3) is 0 Å². The minimum Gasteiger partial charge on any atom is -0.392 e. The van der Waals surface area contributed by atoms with E-state index in [0.29, 0.717) is 19.6 Å². The normalized spacial score (nSPS) is 40.4. The molecule has 4 atom stereocenters. The van der Waals surface area contributed by atoms with Crippen LogP contribution in [0.2, 0.25) is 0 Å². The minimum atomic E-state index is -0.335. The quantitative estimate of drug-likeness (QED) is 0.710. The van der Waals surface area contributed by atoms with Crippen LogP contribution in [0.3, 0.4) is 0 Å². The van der Waals surface area contributed by atoms with Crippen molar-refractivity contribution >= 4 is 0 Å². The summed E-state index contributed by atoms with van der Waals surface area (Å²) in [5.74, 6) is 0.00982. The highest BCUT2D eigenvalue weighted by Gasteiger charge is 2.45. The van der Waals surface area contributed by atoms with Crippen LogP contribution in [0.5, 0.6) is 0 Å². The van der Waals surface area contributed by atoms with Gasteiger partial charge in [-0.05, 0) is 12.8 Å². The van der Waals surface area contributed by atoms with Crippen LogP contribution in [-0.2, 0) is 14.2 Å². The van der Waals surface area contributed by atoms with Crippen molar-refractivity contribution in [1.29, 1.82) is 0 Å². The van der Waals surface area contributed by atoms with Crippen molar-refractivity contribution in [3.05, 3.63) is 0 Å². The molecule has 0 aromatic rings. The molecule has 2 fully saturated rings. The maximum absolute atomic E-state index is 9.87. The zero-order valence-electron chi connectivity index (χ0n) is 9.22. The van der Waals surface area contributed by atoms with Gasteiger partial charge in [0.1, 0.15) is 0 Å². The topological polar surface area (TPSA) is 47.9 Å². The van der Waals surface area contributed by atoms with E-state index >= 15 is 0 Å². The Morgan fingerprint density at radius 3 is 3.07 bits per heavy atom. The first-order valence-corrected chi connectivity index (χ1v) is 5.85. The molecule has 0 saturated carbocycles. The fourth-order valence-corrected chi connectivity index (χ4v) is 2.21. The molecule has 1 N–H and O–H groups in total. The largest absolute Gasteiger partial charge is 0.392 e. The molecule has 4 heteroatoms. The second-order valence-corrected chi connectivity index (χ2v) is 4.27. The number of hydrogen-bond acceptors (Lipinski definition) is 4. The van der Waals surface area contributed by atoms with Crippen LogP contribution < -0.4 is 0 Å². The van der Waals surface area contributed by atoms with Gasteiger partial charge in [0.15, 0.2) is 6.29 Å². The molecule has 0 spiro atoms. The number of aliphatic hydroxyl groups excluding tert-OH is 1. The summed E-state index contributed by atoms with van der Waals surface area (Å²) in [4.78, 5) is 0. The van der Waals surface area contributed by atoms with Gasteiger partial charge in [-0.1, -0.05) is 13.3 Å². The molecule has 2 aliphatic rings. The number of hydrogen-bond donors (Lipinski definition) is 1. The summed E-state index contributed by atoms with van der Waals surface area (Å²) in [6.07, 6.45) is 2.30. The Kier molecular flexibility index (Phi) is 3.97. The van der Waals surface area contributed by atoms with Gasteiger partial charge in [-0.15, -0.1) is 0 Å². The van der Waals surface area contributed by atoms with Gasteiger partial charge in [0, 0.05) is 6.61 Å². The number of fused-ring (bicyclic) bond motifs is 1. The number of aliphatic hydroxyl groups is 1. The van der Waals surface area contributed by atoms with Crippen molar-refractivity contribution in [3.63, 3.8) is 0 Å². The SMILES string of the molecule is CCCCO[C@H]1COC2OCC[C@H](O)[C@@H]21. The second-order valence-electron chi connectivity index (χ2n) is 4.27. The predicted molar refractivity (Wildman–Crippen MR) is 54.5 cm³/mol. The van der Waals surface area contributed by atoms with Crippen LogP contribution in [0.25, 0.3) is 0 Å². The number of ether oxygens (including phenoxy) is 3. The van der Waals surface area contributed by atoms with Crippen LogP contribution >= 0.6 is 0 Å². The first kappa shape index (κ1) is 11.3. The van der Waals surface area contributed by atoms with Crippen molar-refractivity contribution in [3.8, 4) is 0 Å². The summed E-state index contributed by atoms with van der Waals surface area (Å²) >= 11 is 0. The highest BCUT2D eigenvalue weighted by atomic mass is 16.7. The van der Waals surface area contributed by atoms with Gasteiger partial charge in [0.05, 0.1) is 31.3 Å². The van der Waals surface area contributed by atoms with E-state index in [1.807, 2.05) is 0 Å². The van der Waals surface area contributed by atoms with E-state index < -0.39 is 0 Å². The molecule has 4 nitrogen and oxygen atoms in total. The van der Waals surface area contributed by atoms with E-state index in [1.54, 1.807) is 0 Å². The molecule has 2 aliphatic heterocycles. The van der Waals surface area contributed by atoms with Crippen LogP contribution in [0.4, 0.5) is 0 Å². The molecule has 1 unspecified atom stereocenters. The number of rotatable bonds is 4. The van der Waals surface area contributed by atoms with Gasteiger partial charge < -0.3 is 19.3 Å². The lowest BCUT2D eigenvalue weighted by molar-refractivity contribution is -0.185. The molecule has 88 valence electrons. The van der Waals surface area contributed by atoms with Crippen LogP contribution in [0.1, 0.15) is 26.2 Å². The first-order valence-electron chi connectivity index (χ1n) is 5.85. The Labute approximate surface area is 90.5 Å². The Morgan fingerprint density at radius 2 is 2.27 bits per heavy atom. The highest BCUT2D eigenvalue weighted by Crippen LogP contribution is 2.32. The average molecular weight is 216 g/mol.